The van der Waals surface area contributed by atoms with Crippen molar-refractivity contribution in [3.05, 3.63) is 0 Å². The van der Waals surface area contributed by atoms with Crippen molar-refractivity contribution in [2.45, 2.75) is 32.9 Å². The Hall–Kier alpha value is -0.780. The number of alkyl halides is 3. The van der Waals surface area contributed by atoms with Crippen LogP contribution in [0.15, 0.2) is 0 Å². The second kappa shape index (κ2) is 5.25. The van der Waals surface area contributed by atoms with E-state index >= 15 is 0 Å². The molecule has 3 nitrogen and oxygen atoms in total. The molecule has 1 heterocycles. The summed E-state index contributed by atoms with van der Waals surface area (Å²) in [5.74, 6) is -0.778. The standard InChI is InChI=1S/C11H19F3N2O/c1-3-7-16(4-2)9(17)10(11(12,13)14)5-6-15-8-10/h15H,3-8H2,1-2H3. The first-order chi connectivity index (χ1) is 7.89. The summed E-state index contributed by atoms with van der Waals surface area (Å²) in [4.78, 5) is 13.4. The third kappa shape index (κ3) is 2.56. The molecular weight excluding hydrogens is 233 g/mol. The summed E-state index contributed by atoms with van der Waals surface area (Å²) in [5.41, 5.74) is -2.21. The maximum atomic E-state index is 13.1. The van der Waals surface area contributed by atoms with Gasteiger partial charge in [0.1, 0.15) is 0 Å². The molecule has 0 saturated carbocycles. The number of hydrogen-bond acceptors (Lipinski definition) is 2. The van der Waals surface area contributed by atoms with Crippen LogP contribution in [-0.4, -0.2) is 43.2 Å². The maximum Gasteiger partial charge on any atom is 0.404 e. The summed E-state index contributed by atoms with van der Waals surface area (Å²) >= 11 is 0. The normalized spacial score (nSPS) is 25.0. The van der Waals surface area contributed by atoms with Crippen molar-refractivity contribution in [2.75, 3.05) is 26.2 Å². The third-order valence-corrected chi connectivity index (χ3v) is 3.27. The van der Waals surface area contributed by atoms with E-state index in [9.17, 15) is 18.0 Å². The first-order valence-corrected chi connectivity index (χ1v) is 5.96. The van der Waals surface area contributed by atoms with Gasteiger partial charge in [-0.25, -0.2) is 0 Å². The molecule has 17 heavy (non-hydrogen) atoms. The molecule has 6 heteroatoms. The number of amides is 1. The highest BCUT2D eigenvalue weighted by molar-refractivity contribution is 5.84. The minimum absolute atomic E-state index is 0.157. The van der Waals surface area contributed by atoms with Gasteiger partial charge in [0.05, 0.1) is 0 Å². The lowest BCUT2D eigenvalue weighted by molar-refractivity contribution is -0.221. The van der Waals surface area contributed by atoms with E-state index in [1.807, 2.05) is 6.92 Å². The number of carbonyl (C=O) groups is 1. The molecule has 1 atom stereocenters. The lowest BCUT2D eigenvalue weighted by atomic mass is 9.84. The van der Waals surface area contributed by atoms with Crippen molar-refractivity contribution in [3.8, 4) is 0 Å². The van der Waals surface area contributed by atoms with E-state index in [0.29, 0.717) is 19.5 Å². The van der Waals surface area contributed by atoms with Crippen molar-refractivity contribution >= 4 is 5.91 Å². The second-order valence-electron chi connectivity index (χ2n) is 4.39. The first-order valence-electron chi connectivity index (χ1n) is 5.96. The molecule has 1 amide bonds. The predicted molar refractivity (Wildman–Crippen MR) is 58.5 cm³/mol. The fraction of sp³-hybridized carbons (Fsp3) is 0.909. The quantitative estimate of drug-likeness (QED) is 0.827. The molecule has 1 N–H and O–H groups in total. The Labute approximate surface area is 99.4 Å². The zero-order valence-corrected chi connectivity index (χ0v) is 10.2. The molecule has 1 fully saturated rings. The summed E-state index contributed by atoms with van der Waals surface area (Å²) in [6.45, 7) is 4.21. The average molecular weight is 252 g/mol. The molecule has 0 spiro atoms. The zero-order chi connectivity index (χ0) is 13.1. The molecule has 0 bridgehead atoms. The number of nitrogens with one attached hydrogen (secondary N) is 1. The summed E-state index contributed by atoms with van der Waals surface area (Å²) in [7, 11) is 0. The molecule has 0 aromatic rings. The van der Waals surface area contributed by atoms with E-state index < -0.39 is 17.5 Å². The topological polar surface area (TPSA) is 32.3 Å². The lowest BCUT2D eigenvalue weighted by Crippen LogP contribution is -2.53. The average Bonchev–Trinajstić information content (AvgIpc) is 2.74. The van der Waals surface area contributed by atoms with Gasteiger partial charge in [0.25, 0.3) is 0 Å². The Balaban J connectivity index is 2.95. The SMILES string of the molecule is CCCN(CC)C(=O)C1(C(F)(F)F)CCNC1. The van der Waals surface area contributed by atoms with Crippen LogP contribution in [0.4, 0.5) is 13.2 Å². The number of carbonyl (C=O) groups excluding carboxylic acids is 1. The number of rotatable bonds is 4. The Morgan fingerprint density at radius 1 is 1.41 bits per heavy atom. The van der Waals surface area contributed by atoms with Gasteiger partial charge in [-0.3, -0.25) is 4.79 Å². The van der Waals surface area contributed by atoms with Gasteiger partial charge in [-0.1, -0.05) is 6.92 Å². The van der Waals surface area contributed by atoms with Gasteiger partial charge in [-0.05, 0) is 26.3 Å². The summed E-state index contributed by atoms with van der Waals surface area (Å²) in [5, 5.41) is 2.65. The Kier molecular flexibility index (Phi) is 4.41. The van der Waals surface area contributed by atoms with Crippen LogP contribution in [-0.2, 0) is 4.79 Å². The molecule has 1 saturated heterocycles. The number of halogens is 3. The van der Waals surface area contributed by atoms with Gasteiger partial charge in [0, 0.05) is 19.6 Å². The molecular formula is C11H19F3N2O. The highest BCUT2D eigenvalue weighted by Crippen LogP contribution is 2.44. The minimum atomic E-state index is -4.48. The smallest absolute Gasteiger partial charge is 0.342 e. The van der Waals surface area contributed by atoms with E-state index in [1.165, 1.54) is 4.90 Å². The van der Waals surface area contributed by atoms with Crippen LogP contribution in [0.1, 0.15) is 26.7 Å². The van der Waals surface area contributed by atoms with Crippen LogP contribution < -0.4 is 5.32 Å². The van der Waals surface area contributed by atoms with Crippen LogP contribution >= 0.6 is 0 Å². The van der Waals surface area contributed by atoms with Crippen LogP contribution in [0.3, 0.4) is 0 Å². The third-order valence-electron chi connectivity index (χ3n) is 3.27. The van der Waals surface area contributed by atoms with Crippen molar-refractivity contribution in [1.29, 1.82) is 0 Å². The van der Waals surface area contributed by atoms with Crippen molar-refractivity contribution in [1.82, 2.24) is 10.2 Å². The molecule has 1 aliphatic heterocycles. The number of nitrogens with zero attached hydrogens (tertiary/aromatic N) is 1. The molecule has 1 rings (SSSR count). The van der Waals surface area contributed by atoms with E-state index in [4.69, 9.17) is 0 Å². The summed E-state index contributed by atoms with van der Waals surface area (Å²) in [6.07, 6.45) is -3.97. The van der Waals surface area contributed by atoms with Crippen molar-refractivity contribution < 1.29 is 18.0 Å². The molecule has 1 aliphatic rings. The molecule has 0 aromatic heterocycles. The zero-order valence-electron chi connectivity index (χ0n) is 10.2. The van der Waals surface area contributed by atoms with Gasteiger partial charge in [0.2, 0.25) is 5.91 Å². The van der Waals surface area contributed by atoms with Crippen LogP contribution in [0.2, 0.25) is 0 Å². The Bertz CT molecular complexity index is 272. The van der Waals surface area contributed by atoms with Gasteiger partial charge < -0.3 is 10.2 Å². The fourth-order valence-corrected chi connectivity index (χ4v) is 2.21. The Morgan fingerprint density at radius 3 is 2.41 bits per heavy atom. The molecule has 0 aromatic carbocycles. The second-order valence-corrected chi connectivity index (χ2v) is 4.39. The van der Waals surface area contributed by atoms with Crippen LogP contribution in [0, 0.1) is 5.41 Å². The van der Waals surface area contributed by atoms with Crippen LogP contribution in [0.25, 0.3) is 0 Å². The largest absolute Gasteiger partial charge is 0.404 e. The van der Waals surface area contributed by atoms with Crippen molar-refractivity contribution in [2.24, 2.45) is 5.41 Å². The highest BCUT2D eigenvalue weighted by atomic mass is 19.4. The molecule has 0 radical (unpaired) electrons. The van der Waals surface area contributed by atoms with Crippen LogP contribution in [0.5, 0.6) is 0 Å². The van der Waals surface area contributed by atoms with Crippen molar-refractivity contribution in [3.63, 3.8) is 0 Å². The van der Waals surface area contributed by atoms with E-state index in [1.54, 1.807) is 6.92 Å². The summed E-state index contributed by atoms with van der Waals surface area (Å²) < 4.78 is 39.3. The van der Waals surface area contributed by atoms with Gasteiger partial charge >= 0.3 is 6.18 Å². The van der Waals surface area contributed by atoms with E-state index in [2.05, 4.69) is 5.32 Å². The monoisotopic (exact) mass is 252 g/mol. The predicted octanol–water partition coefficient (Wildman–Crippen LogP) is 1.79. The summed E-state index contributed by atoms with van der Waals surface area (Å²) in [6, 6.07) is 0. The fourth-order valence-electron chi connectivity index (χ4n) is 2.21. The highest BCUT2D eigenvalue weighted by Gasteiger charge is 2.62. The molecule has 100 valence electrons. The first kappa shape index (κ1) is 14.3. The van der Waals surface area contributed by atoms with E-state index in [-0.39, 0.29) is 19.5 Å². The Morgan fingerprint density at radius 2 is 2.06 bits per heavy atom. The maximum absolute atomic E-state index is 13.1. The van der Waals surface area contributed by atoms with Gasteiger partial charge in [0.15, 0.2) is 5.41 Å². The minimum Gasteiger partial charge on any atom is -0.342 e. The molecule has 1 unspecified atom stereocenters. The van der Waals surface area contributed by atoms with Gasteiger partial charge in [-0.2, -0.15) is 13.2 Å². The molecule has 0 aliphatic carbocycles. The number of hydrogen-bond donors (Lipinski definition) is 1. The van der Waals surface area contributed by atoms with Gasteiger partial charge in [-0.15, -0.1) is 0 Å². The lowest BCUT2D eigenvalue weighted by Gasteiger charge is -2.34. The van der Waals surface area contributed by atoms with E-state index in [0.717, 1.165) is 0 Å².